The van der Waals surface area contributed by atoms with Crippen molar-refractivity contribution >= 4 is 33.5 Å². The first-order valence-electron chi connectivity index (χ1n) is 11.3. The molecule has 34 heavy (non-hydrogen) atoms. The Morgan fingerprint density at radius 2 is 1.15 bits per heavy atom. The highest BCUT2D eigenvalue weighted by molar-refractivity contribution is 6.11. The average Bonchev–Trinajstić information content (AvgIpc) is 2.87. The lowest BCUT2D eigenvalue weighted by molar-refractivity contribution is -0.145. The molecule has 0 aromatic heterocycles. The molecule has 0 spiro atoms. The van der Waals surface area contributed by atoms with Crippen LogP contribution in [0, 0.1) is 0 Å². The SMILES string of the molecule is C=CCOC(=O)COc1c2ccccc2c(OCC(=O)OCC=C)c2cc(CC)c(CC)cc12. The van der Waals surface area contributed by atoms with Crippen LogP contribution in [0.3, 0.4) is 0 Å². The molecule has 3 aromatic carbocycles. The third kappa shape index (κ3) is 5.57. The zero-order chi connectivity index (χ0) is 24.5. The van der Waals surface area contributed by atoms with Gasteiger partial charge in [-0.3, -0.25) is 0 Å². The third-order valence-corrected chi connectivity index (χ3v) is 5.40. The molecule has 0 atom stereocenters. The summed E-state index contributed by atoms with van der Waals surface area (Å²) in [5.41, 5.74) is 2.36. The molecule has 0 aliphatic rings. The molecular formula is C28H30O6. The van der Waals surface area contributed by atoms with Crippen LogP contribution in [-0.2, 0) is 31.9 Å². The smallest absolute Gasteiger partial charge is 0.344 e. The van der Waals surface area contributed by atoms with E-state index in [-0.39, 0.29) is 26.4 Å². The number of ether oxygens (including phenoxy) is 4. The van der Waals surface area contributed by atoms with Gasteiger partial charge in [0.05, 0.1) is 0 Å². The van der Waals surface area contributed by atoms with Crippen molar-refractivity contribution < 1.29 is 28.5 Å². The molecule has 0 bridgehead atoms. The van der Waals surface area contributed by atoms with Crippen LogP contribution in [0.4, 0.5) is 0 Å². The zero-order valence-electron chi connectivity index (χ0n) is 19.7. The van der Waals surface area contributed by atoms with Crippen LogP contribution < -0.4 is 9.47 Å². The van der Waals surface area contributed by atoms with Gasteiger partial charge in [0.1, 0.15) is 24.7 Å². The molecular weight excluding hydrogens is 432 g/mol. The molecule has 0 radical (unpaired) electrons. The maximum absolute atomic E-state index is 12.1. The van der Waals surface area contributed by atoms with E-state index in [9.17, 15) is 9.59 Å². The van der Waals surface area contributed by atoms with Gasteiger partial charge in [0.15, 0.2) is 13.2 Å². The second-order valence-corrected chi connectivity index (χ2v) is 7.60. The number of fused-ring (bicyclic) bond motifs is 2. The van der Waals surface area contributed by atoms with Crippen molar-refractivity contribution in [3.8, 4) is 11.5 Å². The predicted molar refractivity (Wildman–Crippen MR) is 134 cm³/mol. The molecule has 0 amide bonds. The number of rotatable bonds is 12. The molecule has 3 rings (SSSR count). The summed E-state index contributed by atoms with van der Waals surface area (Å²) in [4.78, 5) is 24.2. The lowest BCUT2D eigenvalue weighted by Gasteiger charge is -2.19. The van der Waals surface area contributed by atoms with Gasteiger partial charge in [-0.15, -0.1) is 0 Å². The minimum atomic E-state index is -0.483. The Morgan fingerprint density at radius 1 is 0.735 bits per heavy atom. The number of carbonyl (C=O) groups is 2. The molecule has 0 unspecified atom stereocenters. The predicted octanol–water partition coefficient (Wildman–Crippen LogP) is 5.33. The zero-order valence-corrected chi connectivity index (χ0v) is 19.7. The van der Waals surface area contributed by atoms with Crippen molar-refractivity contribution in [3.05, 3.63) is 72.8 Å². The Morgan fingerprint density at radius 3 is 1.50 bits per heavy atom. The van der Waals surface area contributed by atoms with E-state index in [1.807, 2.05) is 24.3 Å². The maximum Gasteiger partial charge on any atom is 0.344 e. The van der Waals surface area contributed by atoms with E-state index in [1.165, 1.54) is 23.3 Å². The van der Waals surface area contributed by atoms with Crippen molar-refractivity contribution in [2.24, 2.45) is 0 Å². The summed E-state index contributed by atoms with van der Waals surface area (Å²) >= 11 is 0. The van der Waals surface area contributed by atoms with E-state index < -0.39 is 11.9 Å². The van der Waals surface area contributed by atoms with Crippen molar-refractivity contribution in [1.29, 1.82) is 0 Å². The first-order chi connectivity index (χ1) is 16.5. The fraction of sp³-hybridized carbons (Fsp3) is 0.286. The quantitative estimate of drug-likeness (QED) is 0.206. The lowest BCUT2D eigenvalue weighted by Crippen LogP contribution is -2.16. The summed E-state index contributed by atoms with van der Waals surface area (Å²) in [5, 5.41) is 3.15. The number of carbonyl (C=O) groups excluding carboxylic acids is 2. The summed E-state index contributed by atoms with van der Waals surface area (Å²) in [6.45, 7) is 11.1. The summed E-state index contributed by atoms with van der Waals surface area (Å²) in [7, 11) is 0. The Hall–Kier alpha value is -3.80. The summed E-state index contributed by atoms with van der Waals surface area (Å²) in [6.07, 6.45) is 4.71. The number of aryl methyl sites for hydroxylation is 2. The van der Waals surface area contributed by atoms with Gasteiger partial charge >= 0.3 is 11.9 Å². The topological polar surface area (TPSA) is 71.1 Å². The molecule has 0 aliphatic carbocycles. The van der Waals surface area contributed by atoms with E-state index in [0.717, 1.165) is 34.4 Å². The molecule has 0 saturated carbocycles. The maximum atomic E-state index is 12.1. The van der Waals surface area contributed by atoms with Crippen LogP contribution in [0.25, 0.3) is 21.5 Å². The van der Waals surface area contributed by atoms with Gasteiger partial charge in [-0.2, -0.15) is 0 Å². The van der Waals surface area contributed by atoms with Gasteiger partial charge in [0.2, 0.25) is 0 Å². The molecule has 6 heteroatoms. The van der Waals surface area contributed by atoms with Crippen LogP contribution in [0.5, 0.6) is 11.5 Å². The summed E-state index contributed by atoms with van der Waals surface area (Å²) in [5.74, 6) is 0.173. The van der Waals surface area contributed by atoms with E-state index in [2.05, 4.69) is 39.1 Å². The van der Waals surface area contributed by atoms with Crippen LogP contribution in [-0.4, -0.2) is 38.4 Å². The number of hydrogen-bond donors (Lipinski definition) is 0. The normalized spacial score (nSPS) is 10.6. The highest BCUT2D eigenvalue weighted by Gasteiger charge is 2.20. The van der Waals surface area contributed by atoms with Gasteiger partial charge in [-0.1, -0.05) is 63.4 Å². The second kappa shape index (κ2) is 11.9. The van der Waals surface area contributed by atoms with E-state index >= 15 is 0 Å². The summed E-state index contributed by atoms with van der Waals surface area (Å²) in [6, 6.07) is 11.7. The molecule has 0 fully saturated rings. The molecule has 178 valence electrons. The Balaban J connectivity index is 2.16. The van der Waals surface area contributed by atoms with Crippen LogP contribution in [0.2, 0.25) is 0 Å². The fourth-order valence-corrected chi connectivity index (χ4v) is 3.85. The van der Waals surface area contributed by atoms with E-state index in [1.54, 1.807) is 0 Å². The third-order valence-electron chi connectivity index (χ3n) is 5.40. The number of benzene rings is 3. The molecule has 3 aromatic rings. The molecule has 0 aliphatic heterocycles. The molecule has 0 N–H and O–H groups in total. The molecule has 0 heterocycles. The highest BCUT2D eigenvalue weighted by Crippen LogP contribution is 2.44. The van der Waals surface area contributed by atoms with Crippen molar-refractivity contribution in [2.45, 2.75) is 26.7 Å². The monoisotopic (exact) mass is 462 g/mol. The first kappa shape index (κ1) is 24.8. The van der Waals surface area contributed by atoms with Crippen molar-refractivity contribution in [2.75, 3.05) is 26.4 Å². The second-order valence-electron chi connectivity index (χ2n) is 7.60. The fourth-order valence-electron chi connectivity index (χ4n) is 3.85. The minimum absolute atomic E-state index is 0.123. The van der Waals surface area contributed by atoms with Gasteiger partial charge in [-0.05, 0) is 36.1 Å². The van der Waals surface area contributed by atoms with Gasteiger partial charge in [-0.25, -0.2) is 9.59 Å². The highest BCUT2D eigenvalue weighted by atomic mass is 16.6. The largest absolute Gasteiger partial charge is 0.481 e. The van der Waals surface area contributed by atoms with E-state index in [4.69, 9.17) is 18.9 Å². The lowest BCUT2D eigenvalue weighted by atomic mass is 9.93. The average molecular weight is 463 g/mol. The Kier molecular flexibility index (Phi) is 8.68. The van der Waals surface area contributed by atoms with E-state index in [0.29, 0.717) is 11.5 Å². The van der Waals surface area contributed by atoms with Crippen LogP contribution >= 0.6 is 0 Å². The molecule has 0 saturated heterocycles. The minimum Gasteiger partial charge on any atom is -0.481 e. The van der Waals surface area contributed by atoms with Gasteiger partial charge in [0.25, 0.3) is 0 Å². The van der Waals surface area contributed by atoms with Crippen molar-refractivity contribution in [3.63, 3.8) is 0 Å². The Labute approximate surface area is 199 Å². The Bertz CT molecular complexity index is 1120. The molecule has 6 nitrogen and oxygen atoms in total. The van der Waals surface area contributed by atoms with Gasteiger partial charge in [0, 0.05) is 21.5 Å². The standard InChI is InChI=1S/C28H30O6/c1-5-13-31-25(29)17-33-27-21-11-9-10-12-22(21)28(34-18-26(30)32-14-6-2)24-16-20(8-4)19(7-3)15-23(24)27/h5-6,9-12,15-16H,1-2,7-8,13-14,17-18H2,3-4H3. The van der Waals surface area contributed by atoms with Gasteiger partial charge < -0.3 is 18.9 Å². The van der Waals surface area contributed by atoms with Crippen LogP contribution in [0.15, 0.2) is 61.7 Å². The number of hydrogen-bond acceptors (Lipinski definition) is 6. The summed E-state index contributed by atoms with van der Waals surface area (Å²) < 4.78 is 22.2. The number of esters is 2. The van der Waals surface area contributed by atoms with Crippen molar-refractivity contribution in [1.82, 2.24) is 0 Å². The first-order valence-corrected chi connectivity index (χ1v) is 11.3. The van der Waals surface area contributed by atoms with Crippen LogP contribution in [0.1, 0.15) is 25.0 Å².